The second-order valence-electron chi connectivity index (χ2n) is 4.62. The van der Waals surface area contributed by atoms with E-state index >= 15 is 0 Å². The summed E-state index contributed by atoms with van der Waals surface area (Å²) in [5.74, 6) is -0.638. The van der Waals surface area contributed by atoms with Crippen LogP contribution in [0.2, 0.25) is 0 Å². The molecule has 0 radical (unpaired) electrons. The normalized spacial score (nSPS) is 26.2. The number of rotatable bonds is 2. The fourth-order valence-electron chi connectivity index (χ4n) is 2.27. The molecule has 0 saturated heterocycles. The molecule has 2 amide bonds. The Labute approximate surface area is 98.4 Å². The van der Waals surface area contributed by atoms with E-state index < -0.39 is 0 Å². The quantitative estimate of drug-likeness (QED) is 0.646. The van der Waals surface area contributed by atoms with Crippen LogP contribution >= 0.6 is 0 Å². The fraction of sp³-hybridized carbons (Fsp3) is 0.333. The summed E-state index contributed by atoms with van der Waals surface area (Å²) in [5, 5.41) is 5.57. The minimum absolute atomic E-state index is 0.284. The number of carbonyl (C=O) groups is 2. The van der Waals surface area contributed by atoms with Crippen LogP contribution in [0, 0.1) is 0 Å². The number of hydrogen-bond donors (Lipinski definition) is 3. The first-order chi connectivity index (χ1) is 8.13. The molecule has 0 unspecified atom stereocenters. The summed E-state index contributed by atoms with van der Waals surface area (Å²) in [6.07, 6.45) is 1.89. The predicted octanol–water partition coefficient (Wildman–Crippen LogP) is 0.472. The highest BCUT2D eigenvalue weighted by atomic mass is 16.2. The Morgan fingerprint density at radius 3 is 2.59 bits per heavy atom. The molecular formula is C12H13N3O2. The maximum Gasteiger partial charge on any atom is 0.259 e. The number of nitrogens with two attached hydrogens (primary N) is 1. The first kappa shape index (κ1) is 10.3. The number of benzene rings is 1. The molecule has 2 aliphatic rings. The van der Waals surface area contributed by atoms with E-state index in [2.05, 4.69) is 10.6 Å². The SMILES string of the molecule is NC1CC(Nc2ccc3c(c2)C(=O)NC3=O)C1. The van der Waals surface area contributed by atoms with Crippen LogP contribution in [0.25, 0.3) is 0 Å². The monoisotopic (exact) mass is 231 g/mol. The van der Waals surface area contributed by atoms with Crippen molar-refractivity contribution in [3.05, 3.63) is 29.3 Å². The molecule has 88 valence electrons. The number of carbonyl (C=O) groups excluding carboxylic acids is 2. The van der Waals surface area contributed by atoms with Crippen molar-refractivity contribution in [2.24, 2.45) is 5.73 Å². The van der Waals surface area contributed by atoms with Gasteiger partial charge in [-0.05, 0) is 31.0 Å². The van der Waals surface area contributed by atoms with Crippen molar-refractivity contribution in [3.63, 3.8) is 0 Å². The van der Waals surface area contributed by atoms with E-state index in [0.29, 0.717) is 17.2 Å². The second kappa shape index (κ2) is 3.56. The minimum Gasteiger partial charge on any atom is -0.382 e. The predicted molar refractivity (Wildman–Crippen MR) is 62.9 cm³/mol. The Morgan fingerprint density at radius 2 is 1.88 bits per heavy atom. The molecule has 3 rings (SSSR count). The van der Waals surface area contributed by atoms with Gasteiger partial charge in [-0.3, -0.25) is 14.9 Å². The highest BCUT2D eigenvalue weighted by molar-refractivity contribution is 6.21. The molecule has 1 saturated carbocycles. The zero-order chi connectivity index (χ0) is 12.0. The van der Waals surface area contributed by atoms with Gasteiger partial charge < -0.3 is 11.1 Å². The van der Waals surface area contributed by atoms with E-state index in [1.807, 2.05) is 6.07 Å². The molecule has 1 fully saturated rings. The van der Waals surface area contributed by atoms with Crippen molar-refractivity contribution in [1.29, 1.82) is 0 Å². The lowest BCUT2D eigenvalue weighted by molar-refractivity contribution is 0.0879. The van der Waals surface area contributed by atoms with Gasteiger partial charge >= 0.3 is 0 Å². The summed E-state index contributed by atoms with van der Waals surface area (Å²) in [7, 11) is 0. The summed E-state index contributed by atoms with van der Waals surface area (Å²) >= 11 is 0. The molecule has 0 spiro atoms. The standard InChI is InChI=1S/C12H13N3O2/c13-6-3-8(4-6)14-7-1-2-9-10(5-7)12(17)15-11(9)16/h1-2,5-6,8,14H,3-4,13H2,(H,15,16,17). The third-order valence-corrected chi connectivity index (χ3v) is 3.28. The molecule has 1 aromatic rings. The Hall–Kier alpha value is -1.88. The van der Waals surface area contributed by atoms with Gasteiger partial charge in [0, 0.05) is 17.8 Å². The van der Waals surface area contributed by atoms with E-state index in [1.54, 1.807) is 12.1 Å². The number of nitrogens with one attached hydrogen (secondary N) is 2. The van der Waals surface area contributed by atoms with E-state index in [-0.39, 0.29) is 17.9 Å². The second-order valence-corrected chi connectivity index (χ2v) is 4.62. The largest absolute Gasteiger partial charge is 0.382 e. The number of anilines is 1. The third kappa shape index (κ3) is 1.68. The smallest absolute Gasteiger partial charge is 0.259 e. The topological polar surface area (TPSA) is 84.2 Å². The Bertz CT molecular complexity index is 506. The van der Waals surface area contributed by atoms with Crippen LogP contribution in [0.4, 0.5) is 5.69 Å². The van der Waals surface area contributed by atoms with Crippen LogP contribution in [-0.2, 0) is 0 Å². The van der Waals surface area contributed by atoms with Gasteiger partial charge in [0.15, 0.2) is 0 Å². The Morgan fingerprint density at radius 1 is 1.18 bits per heavy atom. The molecule has 1 aromatic carbocycles. The van der Waals surface area contributed by atoms with E-state index in [1.165, 1.54) is 0 Å². The van der Waals surface area contributed by atoms with Crippen LogP contribution in [0.3, 0.4) is 0 Å². The first-order valence-electron chi connectivity index (χ1n) is 5.65. The van der Waals surface area contributed by atoms with Gasteiger partial charge in [-0.2, -0.15) is 0 Å². The summed E-state index contributed by atoms with van der Waals surface area (Å²) < 4.78 is 0. The molecule has 0 bridgehead atoms. The molecule has 17 heavy (non-hydrogen) atoms. The molecule has 5 heteroatoms. The third-order valence-electron chi connectivity index (χ3n) is 3.28. The number of amides is 2. The van der Waals surface area contributed by atoms with Gasteiger partial charge in [0.05, 0.1) is 11.1 Å². The van der Waals surface area contributed by atoms with E-state index in [0.717, 1.165) is 18.5 Å². The maximum atomic E-state index is 11.5. The van der Waals surface area contributed by atoms with Crippen LogP contribution in [0.15, 0.2) is 18.2 Å². The summed E-state index contributed by atoms with van der Waals surface area (Å²) in [6, 6.07) is 5.88. The highest BCUT2D eigenvalue weighted by Gasteiger charge is 2.28. The van der Waals surface area contributed by atoms with Crippen LogP contribution in [0.5, 0.6) is 0 Å². The average Bonchev–Trinajstić information content (AvgIpc) is 2.53. The van der Waals surface area contributed by atoms with Crippen molar-refractivity contribution < 1.29 is 9.59 Å². The fourth-order valence-corrected chi connectivity index (χ4v) is 2.27. The summed E-state index contributed by atoms with van der Waals surface area (Å²) in [5.41, 5.74) is 7.47. The van der Waals surface area contributed by atoms with Gasteiger partial charge in [0.1, 0.15) is 0 Å². The molecule has 1 aliphatic carbocycles. The van der Waals surface area contributed by atoms with E-state index in [4.69, 9.17) is 5.73 Å². The molecule has 0 aromatic heterocycles. The lowest BCUT2D eigenvalue weighted by Crippen LogP contribution is -2.44. The van der Waals surface area contributed by atoms with E-state index in [9.17, 15) is 9.59 Å². The van der Waals surface area contributed by atoms with Gasteiger partial charge in [-0.25, -0.2) is 0 Å². The Kier molecular flexibility index (Phi) is 2.16. The van der Waals surface area contributed by atoms with Crippen LogP contribution < -0.4 is 16.4 Å². The average molecular weight is 231 g/mol. The maximum absolute atomic E-state index is 11.5. The van der Waals surface area contributed by atoms with Crippen molar-refractivity contribution in [3.8, 4) is 0 Å². The lowest BCUT2D eigenvalue weighted by atomic mass is 9.87. The number of fused-ring (bicyclic) bond motifs is 1. The molecule has 1 heterocycles. The van der Waals surface area contributed by atoms with Crippen molar-refractivity contribution in [1.82, 2.24) is 5.32 Å². The van der Waals surface area contributed by atoms with Crippen molar-refractivity contribution in [2.45, 2.75) is 24.9 Å². The van der Waals surface area contributed by atoms with Crippen molar-refractivity contribution >= 4 is 17.5 Å². The van der Waals surface area contributed by atoms with Gasteiger partial charge in [0.25, 0.3) is 11.8 Å². The van der Waals surface area contributed by atoms with Gasteiger partial charge in [0.2, 0.25) is 0 Å². The number of hydrogen-bond acceptors (Lipinski definition) is 4. The van der Waals surface area contributed by atoms with Crippen LogP contribution in [0.1, 0.15) is 33.6 Å². The summed E-state index contributed by atoms with van der Waals surface area (Å²) in [4.78, 5) is 22.8. The molecule has 5 nitrogen and oxygen atoms in total. The lowest BCUT2D eigenvalue weighted by Gasteiger charge is -2.33. The minimum atomic E-state index is -0.320. The van der Waals surface area contributed by atoms with Gasteiger partial charge in [-0.1, -0.05) is 0 Å². The number of imide groups is 1. The zero-order valence-electron chi connectivity index (χ0n) is 9.19. The molecule has 0 atom stereocenters. The van der Waals surface area contributed by atoms with Gasteiger partial charge in [-0.15, -0.1) is 0 Å². The molecule has 1 aliphatic heterocycles. The zero-order valence-corrected chi connectivity index (χ0v) is 9.19. The van der Waals surface area contributed by atoms with Crippen molar-refractivity contribution in [2.75, 3.05) is 5.32 Å². The molecular weight excluding hydrogens is 218 g/mol. The first-order valence-corrected chi connectivity index (χ1v) is 5.65. The highest BCUT2D eigenvalue weighted by Crippen LogP contribution is 2.25. The van der Waals surface area contributed by atoms with Crippen LogP contribution in [-0.4, -0.2) is 23.9 Å². The molecule has 4 N–H and O–H groups in total. The summed E-state index contributed by atoms with van der Waals surface area (Å²) in [6.45, 7) is 0. The Balaban J connectivity index is 1.82.